The van der Waals surface area contributed by atoms with E-state index in [1.165, 1.54) is 0 Å². The number of hydrogen-bond donors (Lipinski definition) is 2. The standard InChI is InChI=1S/C19H22N4O/c1-15(24)7-10-21-13-17-14-23(18-5-3-2-4-6-18)22-19(17)16-8-11-20-12-9-16/h2-6,8-9,11-12,14-15,21,24H,7,10,13H2,1H3. The molecule has 5 nitrogen and oxygen atoms in total. The van der Waals surface area contributed by atoms with Crippen molar-refractivity contribution in [1.82, 2.24) is 20.1 Å². The second-order valence-electron chi connectivity index (χ2n) is 5.83. The molecule has 2 heterocycles. The maximum absolute atomic E-state index is 9.37. The van der Waals surface area contributed by atoms with Crippen molar-refractivity contribution in [3.8, 4) is 16.9 Å². The molecular weight excluding hydrogens is 300 g/mol. The molecule has 0 amide bonds. The third-order valence-corrected chi connectivity index (χ3v) is 3.82. The van der Waals surface area contributed by atoms with Gasteiger partial charge in [-0.25, -0.2) is 4.68 Å². The summed E-state index contributed by atoms with van der Waals surface area (Å²) < 4.78 is 1.90. The van der Waals surface area contributed by atoms with E-state index in [2.05, 4.69) is 16.5 Å². The molecular formula is C19H22N4O. The molecule has 24 heavy (non-hydrogen) atoms. The number of hydrogen-bond acceptors (Lipinski definition) is 4. The van der Waals surface area contributed by atoms with Gasteiger partial charge in [0, 0.05) is 36.3 Å². The number of aliphatic hydroxyl groups excluding tert-OH is 1. The van der Waals surface area contributed by atoms with Gasteiger partial charge in [-0.2, -0.15) is 5.10 Å². The van der Waals surface area contributed by atoms with Crippen LogP contribution in [0.2, 0.25) is 0 Å². The van der Waals surface area contributed by atoms with E-state index in [1.54, 1.807) is 19.3 Å². The Morgan fingerprint density at radius 3 is 2.58 bits per heavy atom. The third kappa shape index (κ3) is 4.07. The van der Waals surface area contributed by atoms with Gasteiger partial charge in [0.2, 0.25) is 0 Å². The number of benzene rings is 1. The van der Waals surface area contributed by atoms with Crippen molar-refractivity contribution in [1.29, 1.82) is 0 Å². The maximum atomic E-state index is 9.37. The molecule has 0 radical (unpaired) electrons. The number of aliphatic hydroxyl groups is 1. The molecule has 0 aliphatic heterocycles. The summed E-state index contributed by atoms with van der Waals surface area (Å²) in [7, 11) is 0. The lowest BCUT2D eigenvalue weighted by molar-refractivity contribution is 0.183. The van der Waals surface area contributed by atoms with E-state index in [9.17, 15) is 5.11 Å². The lowest BCUT2D eigenvalue weighted by Crippen LogP contribution is -2.18. The molecule has 1 unspecified atom stereocenters. The van der Waals surface area contributed by atoms with Gasteiger partial charge in [0.15, 0.2) is 0 Å². The van der Waals surface area contributed by atoms with Gasteiger partial charge in [0.1, 0.15) is 0 Å². The predicted octanol–water partition coefficient (Wildman–Crippen LogP) is 2.79. The Hall–Kier alpha value is -2.50. The summed E-state index contributed by atoms with van der Waals surface area (Å²) in [5, 5.41) is 17.5. The molecule has 0 saturated carbocycles. The van der Waals surface area contributed by atoms with E-state index in [-0.39, 0.29) is 6.10 Å². The van der Waals surface area contributed by atoms with Crippen LogP contribution in [0.15, 0.2) is 61.1 Å². The molecule has 1 aromatic carbocycles. The molecule has 5 heteroatoms. The van der Waals surface area contributed by atoms with Crippen molar-refractivity contribution in [3.05, 3.63) is 66.6 Å². The largest absolute Gasteiger partial charge is 0.393 e. The fourth-order valence-corrected chi connectivity index (χ4v) is 2.54. The highest BCUT2D eigenvalue weighted by Crippen LogP contribution is 2.23. The average Bonchev–Trinajstić information content (AvgIpc) is 3.04. The third-order valence-electron chi connectivity index (χ3n) is 3.82. The number of pyridine rings is 1. The minimum Gasteiger partial charge on any atom is -0.393 e. The van der Waals surface area contributed by atoms with Gasteiger partial charge >= 0.3 is 0 Å². The second-order valence-corrected chi connectivity index (χ2v) is 5.83. The van der Waals surface area contributed by atoms with E-state index in [0.29, 0.717) is 6.54 Å². The van der Waals surface area contributed by atoms with Crippen molar-refractivity contribution < 1.29 is 5.11 Å². The maximum Gasteiger partial charge on any atom is 0.0973 e. The number of para-hydroxylation sites is 1. The molecule has 0 spiro atoms. The minimum absolute atomic E-state index is 0.288. The first-order valence-corrected chi connectivity index (χ1v) is 8.17. The van der Waals surface area contributed by atoms with Crippen LogP contribution in [0.1, 0.15) is 18.9 Å². The summed E-state index contributed by atoms with van der Waals surface area (Å²) in [6.07, 6.45) is 6.06. The lowest BCUT2D eigenvalue weighted by Gasteiger charge is -2.06. The summed E-state index contributed by atoms with van der Waals surface area (Å²) in [6, 6.07) is 14.0. The van der Waals surface area contributed by atoms with Gasteiger partial charge in [0.05, 0.1) is 17.5 Å². The minimum atomic E-state index is -0.288. The molecule has 1 atom stereocenters. The predicted molar refractivity (Wildman–Crippen MR) is 94.8 cm³/mol. The fraction of sp³-hybridized carbons (Fsp3) is 0.263. The van der Waals surface area contributed by atoms with E-state index in [1.807, 2.05) is 47.1 Å². The zero-order valence-corrected chi connectivity index (χ0v) is 13.8. The normalized spacial score (nSPS) is 12.2. The Labute approximate surface area is 142 Å². The van der Waals surface area contributed by atoms with Crippen LogP contribution in [0, 0.1) is 0 Å². The van der Waals surface area contributed by atoms with E-state index in [0.717, 1.165) is 35.5 Å². The number of nitrogens with one attached hydrogen (secondary N) is 1. The molecule has 3 aromatic rings. The summed E-state index contributed by atoms with van der Waals surface area (Å²) in [4.78, 5) is 4.08. The second kappa shape index (κ2) is 7.86. The summed E-state index contributed by atoms with van der Waals surface area (Å²) >= 11 is 0. The topological polar surface area (TPSA) is 63.0 Å². The van der Waals surface area contributed by atoms with Crippen LogP contribution in [-0.2, 0) is 6.54 Å². The summed E-state index contributed by atoms with van der Waals surface area (Å²) in [5.41, 5.74) is 4.15. The highest BCUT2D eigenvalue weighted by molar-refractivity contribution is 5.62. The van der Waals surface area contributed by atoms with Crippen LogP contribution in [0.3, 0.4) is 0 Å². The molecule has 2 aromatic heterocycles. The zero-order chi connectivity index (χ0) is 16.8. The molecule has 3 rings (SSSR count). The highest BCUT2D eigenvalue weighted by atomic mass is 16.3. The zero-order valence-electron chi connectivity index (χ0n) is 13.8. The fourth-order valence-electron chi connectivity index (χ4n) is 2.54. The van der Waals surface area contributed by atoms with Gasteiger partial charge in [-0.3, -0.25) is 4.98 Å². The molecule has 0 aliphatic carbocycles. The van der Waals surface area contributed by atoms with Crippen LogP contribution in [0.4, 0.5) is 0 Å². The number of rotatable bonds is 7. The van der Waals surface area contributed by atoms with Crippen molar-refractivity contribution in [2.24, 2.45) is 0 Å². The van der Waals surface area contributed by atoms with Gasteiger partial charge in [-0.05, 0) is 44.2 Å². The van der Waals surface area contributed by atoms with Crippen molar-refractivity contribution >= 4 is 0 Å². The van der Waals surface area contributed by atoms with Crippen LogP contribution >= 0.6 is 0 Å². The van der Waals surface area contributed by atoms with Crippen LogP contribution in [0.25, 0.3) is 16.9 Å². The molecule has 0 aliphatic rings. The quantitative estimate of drug-likeness (QED) is 0.657. The van der Waals surface area contributed by atoms with Crippen molar-refractivity contribution in [2.45, 2.75) is 26.0 Å². The van der Waals surface area contributed by atoms with E-state index in [4.69, 9.17) is 5.10 Å². The van der Waals surface area contributed by atoms with Gasteiger partial charge in [0.25, 0.3) is 0 Å². The smallest absolute Gasteiger partial charge is 0.0973 e. The number of aromatic nitrogens is 3. The Morgan fingerprint density at radius 2 is 1.88 bits per heavy atom. The van der Waals surface area contributed by atoms with E-state index >= 15 is 0 Å². The highest BCUT2D eigenvalue weighted by Gasteiger charge is 2.12. The molecule has 0 bridgehead atoms. The van der Waals surface area contributed by atoms with Gasteiger partial charge in [-0.1, -0.05) is 18.2 Å². The van der Waals surface area contributed by atoms with Crippen LogP contribution in [-0.4, -0.2) is 32.5 Å². The molecule has 124 valence electrons. The molecule has 0 fully saturated rings. The molecule has 0 saturated heterocycles. The number of nitrogens with zero attached hydrogens (tertiary/aromatic N) is 3. The first-order valence-electron chi connectivity index (χ1n) is 8.17. The van der Waals surface area contributed by atoms with Gasteiger partial charge in [-0.15, -0.1) is 0 Å². The Morgan fingerprint density at radius 1 is 1.12 bits per heavy atom. The first kappa shape index (κ1) is 16.4. The van der Waals surface area contributed by atoms with Crippen LogP contribution in [0.5, 0.6) is 0 Å². The monoisotopic (exact) mass is 322 g/mol. The van der Waals surface area contributed by atoms with E-state index < -0.39 is 0 Å². The Kier molecular flexibility index (Phi) is 5.36. The average molecular weight is 322 g/mol. The van der Waals surface area contributed by atoms with Gasteiger partial charge < -0.3 is 10.4 Å². The van der Waals surface area contributed by atoms with Crippen LogP contribution < -0.4 is 5.32 Å². The SMILES string of the molecule is CC(O)CCNCc1cn(-c2ccccc2)nc1-c1ccncc1. The summed E-state index contributed by atoms with van der Waals surface area (Å²) in [5.74, 6) is 0. The van der Waals surface area contributed by atoms with Crippen molar-refractivity contribution in [2.75, 3.05) is 6.54 Å². The van der Waals surface area contributed by atoms with Crippen molar-refractivity contribution in [3.63, 3.8) is 0 Å². The first-order chi connectivity index (χ1) is 11.7. The molecule has 2 N–H and O–H groups in total. The Bertz CT molecular complexity index is 754. The lowest BCUT2D eigenvalue weighted by atomic mass is 10.1. The summed E-state index contributed by atoms with van der Waals surface area (Å²) in [6.45, 7) is 3.28. The Balaban J connectivity index is 1.86.